The van der Waals surface area contributed by atoms with Gasteiger partial charge in [0.15, 0.2) is 0 Å². The summed E-state index contributed by atoms with van der Waals surface area (Å²) < 4.78 is 25.0. The number of aryl methyl sites for hydroxylation is 1. The van der Waals surface area contributed by atoms with Crippen molar-refractivity contribution in [1.29, 1.82) is 0 Å². The largest absolute Gasteiger partial charge is 0.369 e. The van der Waals surface area contributed by atoms with Crippen LogP contribution < -0.4 is 10.6 Å². The molecule has 136 valence electrons. The second kappa shape index (κ2) is 5.30. The molecule has 0 aromatic heterocycles. The molecule has 3 rings (SSSR count). The summed E-state index contributed by atoms with van der Waals surface area (Å²) in [6, 6.07) is 6.59. The van der Waals surface area contributed by atoms with Gasteiger partial charge in [-0.15, -0.1) is 0 Å². The number of sulfonamides is 1. The Hall–Kier alpha value is -1.89. The summed E-state index contributed by atoms with van der Waals surface area (Å²) in [4.78, 5) is 14.7. The first-order valence-corrected chi connectivity index (χ1v) is 9.90. The molecule has 25 heavy (non-hydrogen) atoms. The number of nitrogens with one attached hydrogen (secondary N) is 1. The summed E-state index contributed by atoms with van der Waals surface area (Å²) in [5, 5.41) is 4.24. The summed E-state index contributed by atoms with van der Waals surface area (Å²) >= 11 is 0. The molecule has 2 aliphatic rings. The van der Waals surface area contributed by atoms with Crippen molar-refractivity contribution in [3.8, 4) is 0 Å². The normalized spacial score (nSPS) is 32.1. The first kappa shape index (κ1) is 17.9. The van der Waals surface area contributed by atoms with E-state index in [-0.39, 0.29) is 21.6 Å². The first-order valence-electron chi connectivity index (χ1n) is 8.42. The zero-order valence-electron chi connectivity index (χ0n) is 15.1. The fourth-order valence-electron chi connectivity index (χ4n) is 4.48. The number of nitrogens with two attached hydrogens (primary N) is 1. The lowest BCUT2D eigenvalue weighted by Gasteiger charge is -2.38. The third kappa shape index (κ3) is 2.32. The van der Waals surface area contributed by atoms with Crippen molar-refractivity contribution < 1.29 is 13.2 Å². The number of fused-ring (bicyclic) bond motifs is 2. The Bertz CT molecular complexity index is 858. The topological polar surface area (TPSA) is 102 Å². The van der Waals surface area contributed by atoms with Crippen molar-refractivity contribution in [2.24, 2.45) is 27.1 Å². The summed E-state index contributed by atoms with van der Waals surface area (Å²) in [7, 11) is -3.74. The van der Waals surface area contributed by atoms with E-state index in [9.17, 15) is 13.2 Å². The smallest absolute Gasteiger partial charge is 0.276 e. The molecule has 2 atom stereocenters. The molecule has 1 amide bonds. The van der Waals surface area contributed by atoms with Gasteiger partial charge in [-0.25, -0.2) is 4.83 Å². The Morgan fingerprint density at radius 2 is 1.76 bits per heavy atom. The SMILES string of the molecule is Cc1ccc(S(=O)(=O)NN=C2CC3(C(N)=O)CCC2(C)C3(C)C)cc1. The fourth-order valence-corrected chi connectivity index (χ4v) is 5.31. The van der Waals surface area contributed by atoms with Gasteiger partial charge in [-0.05, 0) is 37.3 Å². The third-order valence-corrected chi connectivity index (χ3v) is 8.06. The van der Waals surface area contributed by atoms with E-state index in [1.165, 1.54) is 0 Å². The van der Waals surface area contributed by atoms with Gasteiger partial charge in [-0.3, -0.25) is 4.79 Å². The lowest BCUT2D eigenvalue weighted by molar-refractivity contribution is -0.132. The average Bonchev–Trinajstić information content (AvgIpc) is 2.84. The molecule has 0 radical (unpaired) electrons. The predicted octanol–water partition coefficient (Wildman–Crippen LogP) is 2.33. The van der Waals surface area contributed by atoms with E-state index < -0.39 is 15.4 Å². The van der Waals surface area contributed by atoms with Crippen molar-refractivity contribution in [3.63, 3.8) is 0 Å². The Labute approximate surface area is 148 Å². The maximum absolute atomic E-state index is 12.5. The molecule has 2 aliphatic carbocycles. The maximum Gasteiger partial charge on any atom is 0.276 e. The van der Waals surface area contributed by atoms with Crippen LogP contribution in [0.15, 0.2) is 34.3 Å². The quantitative estimate of drug-likeness (QED) is 0.803. The molecule has 7 heteroatoms. The molecule has 2 unspecified atom stereocenters. The monoisotopic (exact) mass is 363 g/mol. The molecule has 1 aromatic carbocycles. The zero-order valence-corrected chi connectivity index (χ0v) is 15.9. The zero-order chi connectivity index (χ0) is 18.7. The minimum atomic E-state index is -3.74. The summed E-state index contributed by atoms with van der Waals surface area (Å²) in [6.07, 6.45) is 1.89. The van der Waals surface area contributed by atoms with Crippen molar-refractivity contribution >= 4 is 21.6 Å². The highest BCUT2D eigenvalue weighted by atomic mass is 32.2. The Kier molecular flexibility index (Phi) is 3.80. The van der Waals surface area contributed by atoms with Gasteiger partial charge in [0.2, 0.25) is 5.91 Å². The number of primary amides is 1. The maximum atomic E-state index is 12.5. The predicted molar refractivity (Wildman–Crippen MR) is 96.3 cm³/mol. The Balaban J connectivity index is 1.93. The van der Waals surface area contributed by atoms with Crippen LogP contribution in [0, 0.1) is 23.2 Å². The number of hydrogen-bond donors (Lipinski definition) is 2. The number of hydrazone groups is 1. The van der Waals surface area contributed by atoms with Crippen molar-refractivity contribution in [1.82, 2.24) is 4.83 Å². The molecule has 0 heterocycles. The highest BCUT2D eigenvalue weighted by Crippen LogP contribution is 2.70. The van der Waals surface area contributed by atoms with E-state index in [1.54, 1.807) is 24.3 Å². The van der Waals surface area contributed by atoms with Crippen LogP contribution in [0.1, 0.15) is 45.6 Å². The van der Waals surface area contributed by atoms with Crippen LogP contribution in [0.5, 0.6) is 0 Å². The van der Waals surface area contributed by atoms with E-state index in [1.807, 2.05) is 27.7 Å². The molecular weight excluding hydrogens is 338 g/mol. The van der Waals surface area contributed by atoms with E-state index >= 15 is 0 Å². The number of carbonyl (C=O) groups excluding carboxylic acids is 1. The molecular formula is C18H25N3O3S. The number of amides is 1. The molecule has 2 fully saturated rings. The molecule has 2 bridgehead atoms. The number of hydrogen-bond acceptors (Lipinski definition) is 4. The molecule has 2 saturated carbocycles. The summed E-state index contributed by atoms with van der Waals surface area (Å²) in [5.74, 6) is -0.326. The fraction of sp³-hybridized carbons (Fsp3) is 0.556. The van der Waals surface area contributed by atoms with Gasteiger partial charge in [0, 0.05) is 17.5 Å². The van der Waals surface area contributed by atoms with Crippen molar-refractivity contribution in [2.75, 3.05) is 0 Å². The van der Waals surface area contributed by atoms with Gasteiger partial charge in [-0.2, -0.15) is 13.5 Å². The lowest BCUT2D eigenvalue weighted by atomic mass is 9.64. The van der Waals surface area contributed by atoms with Gasteiger partial charge < -0.3 is 5.73 Å². The molecule has 6 nitrogen and oxygen atoms in total. The standard InChI is InChI=1S/C18H25N3O3S/c1-12-5-7-13(8-6-12)25(23,24)21-20-14-11-18(15(19)22)10-9-17(14,4)16(18,2)3/h5-8,21H,9-11H2,1-4H3,(H2,19,22). The molecule has 1 aromatic rings. The number of carbonyl (C=O) groups is 1. The average molecular weight is 363 g/mol. The number of rotatable bonds is 4. The minimum Gasteiger partial charge on any atom is -0.369 e. The minimum absolute atomic E-state index is 0.166. The van der Waals surface area contributed by atoms with Gasteiger partial charge in [0.05, 0.1) is 10.3 Å². The van der Waals surface area contributed by atoms with Crippen LogP contribution in [-0.2, 0) is 14.8 Å². The lowest BCUT2D eigenvalue weighted by Crippen LogP contribution is -2.44. The second-order valence-electron chi connectivity index (χ2n) is 8.05. The number of benzene rings is 1. The van der Waals surface area contributed by atoms with Crippen LogP contribution >= 0.6 is 0 Å². The van der Waals surface area contributed by atoms with Crippen LogP contribution in [0.2, 0.25) is 0 Å². The molecule has 0 aliphatic heterocycles. The molecule has 0 saturated heterocycles. The highest BCUT2D eigenvalue weighted by Gasteiger charge is 2.71. The van der Waals surface area contributed by atoms with Crippen molar-refractivity contribution in [3.05, 3.63) is 29.8 Å². The third-order valence-electron chi connectivity index (χ3n) is 6.84. The van der Waals surface area contributed by atoms with E-state index in [4.69, 9.17) is 5.73 Å². The summed E-state index contributed by atoms with van der Waals surface area (Å²) in [6.45, 7) is 8.00. The summed E-state index contributed by atoms with van der Waals surface area (Å²) in [5.41, 5.74) is 6.04. The van der Waals surface area contributed by atoms with Gasteiger partial charge in [0.25, 0.3) is 10.0 Å². The van der Waals surface area contributed by atoms with Crippen LogP contribution in [0.3, 0.4) is 0 Å². The van der Waals surface area contributed by atoms with Gasteiger partial charge in [-0.1, -0.05) is 38.5 Å². The molecule has 0 spiro atoms. The number of nitrogens with zero attached hydrogens (tertiary/aromatic N) is 1. The van der Waals surface area contributed by atoms with Crippen LogP contribution in [0.4, 0.5) is 0 Å². The van der Waals surface area contributed by atoms with Gasteiger partial charge >= 0.3 is 0 Å². The van der Waals surface area contributed by atoms with E-state index in [2.05, 4.69) is 9.93 Å². The van der Waals surface area contributed by atoms with Crippen molar-refractivity contribution in [2.45, 2.75) is 51.9 Å². The van der Waals surface area contributed by atoms with Crippen LogP contribution in [-0.4, -0.2) is 20.0 Å². The highest BCUT2D eigenvalue weighted by molar-refractivity contribution is 7.89. The Morgan fingerprint density at radius 3 is 2.28 bits per heavy atom. The second-order valence-corrected chi connectivity index (χ2v) is 9.71. The van der Waals surface area contributed by atoms with Crippen LogP contribution in [0.25, 0.3) is 0 Å². The van der Waals surface area contributed by atoms with E-state index in [0.717, 1.165) is 18.4 Å². The van der Waals surface area contributed by atoms with E-state index in [0.29, 0.717) is 12.1 Å². The first-order chi connectivity index (χ1) is 11.5. The Morgan fingerprint density at radius 1 is 1.16 bits per heavy atom. The molecule has 3 N–H and O–H groups in total. The van der Waals surface area contributed by atoms with Gasteiger partial charge in [0.1, 0.15) is 0 Å².